The fourth-order valence-electron chi connectivity index (χ4n) is 1.88. The summed E-state index contributed by atoms with van der Waals surface area (Å²) in [5.74, 6) is -0.0981. The predicted octanol–water partition coefficient (Wildman–Crippen LogP) is 2.24. The van der Waals surface area contributed by atoms with Gasteiger partial charge in [-0.2, -0.15) is 0 Å². The Morgan fingerprint density at radius 3 is 2.37 bits per heavy atom. The molecule has 0 bridgehead atoms. The monoisotopic (exact) mass is 262 g/mol. The van der Waals surface area contributed by atoms with Crippen LogP contribution in [0.1, 0.15) is 38.8 Å². The van der Waals surface area contributed by atoms with Crippen LogP contribution in [-0.4, -0.2) is 19.0 Å². The smallest absolute Gasteiger partial charge is 0.224 e. The van der Waals surface area contributed by atoms with E-state index in [-0.39, 0.29) is 17.2 Å². The molecule has 0 heterocycles. The summed E-state index contributed by atoms with van der Waals surface area (Å²) >= 11 is 0. The molecule has 0 spiro atoms. The van der Waals surface area contributed by atoms with E-state index < -0.39 is 0 Å². The molecule has 1 atom stereocenters. The topological polar surface area (TPSA) is 55.1 Å². The van der Waals surface area contributed by atoms with Crippen molar-refractivity contribution in [3.63, 3.8) is 0 Å². The van der Waals surface area contributed by atoms with Crippen LogP contribution in [0.3, 0.4) is 0 Å². The van der Waals surface area contributed by atoms with Crippen LogP contribution < -0.4 is 11.1 Å². The third kappa shape index (κ3) is 4.35. The molecular formula is C16H26N2O. The van der Waals surface area contributed by atoms with Crippen molar-refractivity contribution >= 4 is 5.91 Å². The molecule has 19 heavy (non-hydrogen) atoms. The lowest BCUT2D eigenvalue weighted by Gasteiger charge is -2.26. The van der Waals surface area contributed by atoms with Gasteiger partial charge in [0.05, 0.1) is 0 Å². The van der Waals surface area contributed by atoms with E-state index in [4.69, 9.17) is 5.73 Å². The van der Waals surface area contributed by atoms with Crippen LogP contribution in [0.5, 0.6) is 0 Å². The van der Waals surface area contributed by atoms with E-state index in [0.717, 1.165) is 6.42 Å². The zero-order chi connectivity index (χ0) is 14.5. The van der Waals surface area contributed by atoms with Crippen molar-refractivity contribution in [3.8, 4) is 0 Å². The quantitative estimate of drug-likeness (QED) is 0.826. The Hall–Kier alpha value is -1.35. The normalized spacial score (nSPS) is 13.1. The number of carbonyl (C=O) groups is 1. The van der Waals surface area contributed by atoms with Gasteiger partial charge in [-0.15, -0.1) is 0 Å². The third-order valence-electron chi connectivity index (χ3n) is 3.65. The van der Waals surface area contributed by atoms with Gasteiger partial charge in [0.15, 0.2) is 0 Å². The molecule has 0 radical (unpaired) electrons. The number of hydrogen-bond acceptors (Lipinski definition) is 2. The fraction of sp³-hybridized carbons (Fsp3) is 0.562. The van der Waals surface area contributed by atoms with E-state index in [1.807, 2.05) is 6.92 Å². The van der Waals surface area contributed by atoms with Crippen LogP contribution in [0, 0.1) is 5.92 Å². The third-order valence-corrected chi connectivity index (χ3v) is 3.65. The Morgan fingerprint density at radius 1 is 1.32 bits per heavy atom. The van der Waals surface area contributed by atoms with Crippen molar-refractivity contribution in [1.29, 1.82) is 0 Å². The zero-order valence-electron chi connectivity index (χ0n) is 12.5. The van der Waals surface area contributed by atoms with E-state index in [9.17, 15) is 4.79 Å². The number of carbonyl (C=O) groups excluding carboxylic acids is 1. The number of nitrogens with two attached hydrogens (primary N) is 1. The highest BCUT2D eigenvalue weighted by Crippen LogP contribution is 2.22. The Labute approximate surface area is 116 Å². The van der Waals surface area contributed by atoms with Gasteiger partial charge in [0.1, 0.15) is 0 Å². The number of amides is 1. The molecule has 0 aliphatic heterocycles. The summed E-state index contributed by atoms with van der Waals surface area (Å²) in [4.78, 5) is 11.8. The molecule has 0 aliphatic rings. The van der Waals surface area contributed by atoms with Crippen LogP contribution in [0.25, 0.3) is 0 Å². The number of aryl methyl sites for hydroxylation is 1. The van der Waals surface area contributed by atoms with Crippen molar-refractivity contribution in [3.05, 3.63) is 35.4 Å². The van der Waals surface area contributed by atoms with Crippen molar-refractivity contribution in [2.45, 2.75) is 39.5 Å². The Bertz CT molecular complexity index is 409. The summed E-state index contributed by atoms with van der Waals surface area (Å²) in [6.45, 7) is 9.29. The Kier molecular flexibility index (Phi) is 5.55. The van der Waals surface area contributed by atoms with Gasteiger partial charge in [0, 0.05) is 24.4 Å². The van der Waals surface area contributed by atoms with Gasteiger partial charge in [0.2, 0.25) is 5.91 Å². The van der Waals surface area contributed by atoms with Crippen LogP contribution in [0.15, 0.2) is 24.3 Å². The van der Waals surface area contributed by atoms with Crippen molar-refractivity contribution in [2.24, 2.45) is 11.7 Å². The molecule has 1 unspecified atom stereocenters. The maximum absolute atomic E-state index is 11.8. The molecule has 1 aromatic carbocycles. The van der Waals surface area contributed by atoms with E-state index in [1.165, 1.54) is 11.1 Å². The van der Waals surface area contributed by atoms with Crippen molar-refractivity contribution in [1.82, 2.24) is 5.32 Å². The molecule has 0 aromatic heterocycles. The minimum Gasteiger partial charge on any atom is -0.355 e. The standard InChI is InChI=1S/C16H26N2O/c1-5-13-6-8-14(9-7-13)16(3,4)11-18-15(19)12(2)10-17/h6-9,12H,5,10-11,17H2,1-4H3,(H,18,19). The zero-order valence-corrected chi connectivity index (χ0v) is 12.5. The molecule has 3 N–H and O–H groups in total. The lowest BCUT2D eigenvalue weighted by molar-refractivity contribution is -0.124. The van der Waals surface area contributed by atoms with Crippen LogP contribution >= 0.6 is 0 Å². The van der Waals surface area contributed by atoms with Crippen molar-refractivity contribution in [2.75, 3.05) is 13.1 Å². The maximum Gasteiger partial charge on any atom is 0.224 e. The number of rotatable bonds is 6. The van der Waals surface area contributed by atoms with Gasteiger partial charge in [-0.05, 0) is 17.5 Å². The summed E-state index contributed by atoms with van der Waals surface area (Å²) in [6.07, 6.45) is 1.05. The van der Waals surface area contributed by atoms with E-state index in [1.54, 1.807) is 0 Å². The Balaban J connectivity index is 2.66. The van der Waals surface area contributed by atoms with Gasteiger partial charge in [-0.1, -0.05) is 52.0 Å². The lowest BCUT2D eigenvalue weighted by atomic mass is 9.84. The molecule has 3 heteroatoms. The minimum atomic E-state index is -0.127. The van der Waals surface area contributed by atoms with Crippen LogP contribution in [-0.2, 0) is 16.6 Å². The van der Waals surface area contributed by atoms with Gasteiger partial charge in [0.25, 0.3) is 0 Å². The minimum absolute atomic E-state index is 0.0285. The second-order valence-electron chi connectivity index (χ2n) is 5.79. The number of benzene rings is 1. The molecule has 1 amide bonds. The highest BCUT2D eigenvalue weighted by atomic mass is 16.1. The summed E-state index contributed by atoms with van der Waals surface area (Å²) in [7, 11) is 0. The van der Waals surface area contributed by atoms with Gasteiger partial charge < -0.3 is 11.1 Å². The molecular weight excluding hydrogens is 236 g/mol. The molecule has 0 saturated heterocycles. The first-order valence-corrected chi connectivity index (χ1v) is 6.98. The maximum atomic E-state index is 11.8. The average molecular weight is 262 g/mol. The molecule has 3 nitrogen and oxygen atoms in total. The highest BCUT2D eigenvalue weighted by molar-refractivity contribution is 5.78. The molecule has 0 saturated carbocycles. The van der Waals surface area contributed by atoms with Gasteiger partial charge in [-0.3, -0.25) is 4.79 Å². The van der Waals surface area contributed by atoms with Crippen LogP contribution in [0.2, 0.25) is 0 Å². The largest absolute Gasteiger partial charge is 0.355 e. The summed E-state index contributed by atoms with van der Waals surface area (Å²) in [6, 6.07) is 8.61. The first-order valence-electron chi connectivity index (χ1n) is 6.98. The highest BCUT2D eigenvalue weighted by Gasteiger charge is 2.22. The molecule has 1 rings (SSSR count). The van der Waals surface area contributed by atoms with E-state index >= 15 is 0 Å². The van der Waals surface area contributed by atoms with Gasteiger partial charge >= 0.3 is 0 Å². The average Bonchev–Trinajstić information content (AvgIpc) is 2.44. The SMILES string of the molecule is CCc1ccc(C(C)(C)CNC(=O)C(C)CN)cc1. The fourth-order valence-corrected chi connectivity index (χ4v) is 1.88. The molecule has 0 fully saturated rings. The lowest BCUT2D eigenvalue weighted by Crippen LogP contribution is -2.40. The van der Waals surface area contributed by atoms with Gasteiger partial charge in [-0.25, -0.2) is 0 Å². The van der Waals surface area contributed by atoms with E-state index in [0.29, 0.717) is 13.1 Å². The summed E-state index contributed by atoms with van der Waals surface area (Å²) in [5.41, 5.74) is 8.00. The summed E-state index contributed by atoms with van der Waals surface area (Å²) in [5, 5.41) is 2.98. The second kappa shape index (κ2) is 6.71. The van der Waals surface area contributed by atoms with Crippen LogP contribution in [0.4, 0.5) is 0 Å². The second-order valence-corrected chi connectivity index (χ2v) is 5.79. The first kappa shape index (κ1) is 15.7. The molecule has 1 aromatic rings. The number of hydrogen-bond donors (Lipinski definition) is 2. The first-order chi connectivity index (χ1) is 8.90. The van der Waals surface area contributed by atoms with E-state index in [2.05, 4.69) is 50.4 Å². The van der Waals surface area contributed by atoms with Crippen molar-refractivity contribution < 1.29 is 4.79 Å². The Morgan fingerprint density at radius 2 is 1.89 bits per heavy atom. The summed E-state index contributed by atoms with van der Waals surface area (Å²) < 4.78 is 0. The molecule has 106 valence electrons. The number of nitrogens with one attached hydrogen (secondary N) is 1. The molecule has 0 aliphatic carbocycles. The predicted molar refractivity (Wildman–Crippen MR) is 80.1 cm³/mol.